The Hall–Kier alpha value is -1.51. The van der Waals surface area contributed by atoms with Crippen molar-refractivity contribution in [1.82, 2.24) is 4.90 Å². The second kappa shape index (κ2) is 4.78. The Morgan fingerprint density at radius 2 is 2.29 bits per heavy atom. The molecule has 2 rings (SSSR count). The van der Waals surface area contributed by atoms with Gasteiger partial charge in [-0.1, -0.05) is 6.92 Å². The standard InChI is InChI=1S/C14H19NO2/c1-4-15(3)14(16)8-6-11-5-7-13(17-11)12-9-10(12)2/h5-8,10,12H,4,9H2,1-3H3/b8-6+. The maximum absolute atomic E-state index is 11.5. The molecule has 92 valence electrons. The van der Waals surface area contributed by atoms with E-state index in [1.807, 2.05) is 19.1 Å². The van der Waals surface area contributed by atoms with Crippen molar-refractivity contribution in [2.75, 3.05) is 13.6 Å². The predicted octanol–water partition coefficient (Wildman–Crippen LogP) is 2.89. The van der Waals surface area contributed by atoms with Crippen LogP contribution in [0.3, 0.4) is 0 Å². The molecule has 0 saturated heterocycles. The highest BCUT2D eigenvalue weighted by molar-refractivity contribution is 5.91. The van der Waals surface area contributed by atoms with Crippen molar-refractivity contribution in [1.29, 1.82) is 0 Å². The minimum absolute atomic E-state index is 0.00485. The normalized spacial score (nSPS) is 23.0. The number of carbonyl (C=O) groups excluding carboxylic acids is 1. The fourth-order valence-corrected chi connectivity index (χ4v) is 1.81. The van der Waals surface area contributed by atoms with Crippen molar-refractivity contribution in [3.63, 3.8) is 0 Å². The highest BCUT2D eigenvalue weighted by Crippen LogP contribution is 2.47. The zero-order valence-corrected chi connectivity index (χ0v) is 10.6. The van der Waals surface area contributed by atoms with Gasteiger partial charge in [0, 0.05) is 25.6 Å². The smallest absolute Gasteiger partial charge is 0.246 e. The van der Waals surface area contributed by atoms with Crippen LogP contribution in [0.5, 0.6) is 0 Å². The number of carbonyl (C=O) groups is 1. The van der Waals surface area contributed by atoms with Crippen molar-refractivity contribution >= 4 is 12.0 Å². The van der Waals surface area contributed by atoms with Gasteiger partial charge in [0.15, 0.2) is 0 Å². The van der Waals surface area contributed by atoms with Gasteiger partial charge in [-0.25, -0.2) is 0 Å². The lowest BCUT2D eigenvalue weighted by molar-refractivity contribution is -0.124. The molecule has 0 bridgehead atoms. The topological polar surface area (TPSA) is 33.5 Å². The monoisotopic (exact) mass is 233 g/mol. The van der Waals surface area contributed by atoms with E-state index in [1.165, 1.54) is 6.42 Å². The van der Waals surface area contributed by atoms with Crippen LogP contribution in [0.25, 0.3) is 6.08 Å². The molecule has 0 aromatic carbocycles. The Labute approximate surface area is 102 Å². The van der Waals surface area contributed by atoms with Gasteiger partial charge in [0.25, 0.3) is 0 Å². The number of hydrogen-bond acceptors (Lipinski definition) is 2. The molecule has 2 unspecified atom stereocenters. The second-order valence-electron chi connectivity index (χ2n) is 4.75. The van der Waals surface area contributed by atoms with E-state index in [1.54, 1.807) is 24.1 Å². The van der Waals surface area contributed by atoms with Crippen LogP contribution in [0.1, 0.15) is 37.7 Å². The van der Waals surface area contributed by atoms with Crippen LogP contribution in [0, 0.1) is 5.92 Å². The lowest BCUT2D eigenvalue weighted by atomic mass is 10.3. The van der Waals surface area contributed by atoms with Crippen LogP contribution in [-0.2, 0) is 4.79 Å². The van der Waals surface area contributed by atoms with E-state index in [-0.39, 0.29) is 5.91 Å². The number of amides is 1. The van der Waals surface area contributed by atoms with Gasteiger partial charge in [-0.3, -0.25) is 4.79 Å². The van der Waals surface area contributed by atoms with Crippen LogP contribution in [-0.4, -0.2) is 24.4 Å². The molecule has 1 amide bonds. The molecule has 0 N–H and O–H groups in total. The molecule has 2 atom stereocenters. The third-order valence-electron chi connectivity index (χ3n) is 3.36. The van der Waals surface area contributed by atoms with Crippen molar-refractivity contribution in [2.45, 2.75) is 26.2 Å². The number of nitrogens with zero attached hydrogens (tertiary/aromatic N) is 1. The zero-order chi connectivity index (χ0) is 12.4. The maximum Gasteiger partial charge on any atom is 0.246 e. The zero-order valence-electron chi connectivity index (χ0n) is 10.6. The van der Waals surface area contributed by atoms with Crippen molar-refractivity contribution in [3.8, 4) is 0 Å². The molecule has 1 aliphatic carbocycles. The molecule has 1 heterocycles. The molecule has 0 radical (unpaired) electrons. The van der Waals surface area contributed by atoms with E-state index in [0.29, 0.717) is 12.5 Å². The maximum atomic E-state index is 11.5. The molecule has 3 nitrogen and oxygen atoms in total. The molecule has 1 aliphatic rings. The van der Waals surface area contributed by atoms with E-state index in [9.17, 15) is 4.79 Å². The van der Waals surface area contributed by atoms with Crippen LogP contribution in [0.4, 0.5) is 0 Å². The third-order valence-corrected chi connectivity index (χ3v) is 3.36. The van der Waals surface area contributed by atoms with Gasteiger partial charge in [0.05, 0.1) is 0 Å². The molecule has 1 fully saturated rings. The fraction of sp³-hybridized carbons (Fsp3) is 0.500. The SMILES string of the molecule is CCN(C)C(=O)/C=C/c1ccc(C2CC2C)o1. The Morgan fingerprint density at radius 3 is 2.88 bits per heavy atom. The van der Waals surface area contributed by atoms with Crippen molar-refractivity contribution in [3.05, 3.63) is 29.7 Å². The summed E-state index contributed by atoms with van der Waals surface area (Å²) in [5, 5.41) is 0. The molecular formula is C14H19NO2. The van der Waals surface area contributed by atoms with Crippen LogP contribution < -0.4 is 0 Å². The summed E-state index contributed by atoms with van der Waals surface area (Å²) in [6, 6.07) is 3.94. The summed E-state index contributed by atoms with van der Waals surface area (Å²) < 4.78 is 5.68. The quantitative estimate of drug-likeness (QED) is 0.749. The lowest BCUT2D eigenvalue weighted by Crippen LogP contribution is -2.23. The first-order valence-electron chi connectivity index (χ1n) is 6.14. The average molecular weight is 233 g/mol. The average Bonchev–Trinajstić information content (AvgIpc) is 2.89. The molecule has 0 aliphatic heterocycles. The van der Waals surface area contributed by atoms with Gasteiger partial charge in [0.2, 0.25) is 5.91 Å². The Bertz CT molecular complexity index is 433. The van der Waals surface area contributed by atoms with E-state index in [2.05, 4.69) is 6.92 Å². The van der Waals surface area contributed by atoms with Gasteiger partial charge in [0.1, 0.15) is 11.5 Å². The largest absolute Gasteiger partial charge is 0.461 e. The van der Waals surface area contributed by atoms with Crippen LogP contribution >= 0.6 is 0 Å². The van der Waals surface area contributed by atoms with Gasteiger partial charge < -0.3 is 9.32 Å². The first kappa shape index (κ1) is 12.0. The molecule has 1 aromatic heterocycles. The third kappa shape index (κ3) is 2.78. The number of hydrogen-bond donors (Lipinski definition) is 0. The molecule has 0 spiro atoms. The summed E-state index contributed by atoms with van der Waals surface area (Å²) in [6.45, 7) is 4.89. The first-order valence-corrected chi connectivity index (χ1v) is 6.14. The predicted molar refractivity (Wildman–Crippen MR) is 67.6 cm³/mol. The minimum Gasteiger partial charge on any atom is -0.461 e. The second-order valence-corrected chi connectivity index (χ2v) is 4.75. The molecule has 3 heteroatoms. The first-order chi connectivity index (χ1) is 8.11. The Balaban J connectivity index is 1.97. The summed E-state index contributed by atoms with van der Waals surface area (Å²) in [5.74, 6) is 3.15. The van der Waals surface area contributed by atoms with Gasteiger partial charge in [-0.2, -0.15) is 0 Å². The van der Waals surface area contributed by atoms with Crippen LogP contribution in [0.15, 0.2) is 22.6 Å². The summed E-state index contributed by atoms with van der Waals surface area (Å²) in [4.78, 5) is 13.2. The fourth-order valence-electron chi connectivity index (χ4n) is 1.81. The van der Waals surface area contributed by atoms with E-state index >= 15 is 0 Å². The Kier molecular flexibility index (Phi) is 3.36. The number of likely N-dealkylation sites (N-methyl/N-ethyl adjacent to an activating group) is 1. The number of rotatable bonds is 4. The summed E-state index contributed by atoms with van der Waals surface area (Å²) in [5.41, 5.74) is 0. The van der Waals surface area contributed by atoms with Crippen molar-refractivity contribution < 1.29 is 9.21 Å². The molecule has 1 saturated carbocycles. The van der Waals surface area contributed by atoms with Gasteiger partial charge in [-0.15, -0.1) is 0 Å². The highest BCUT2D eigenvalue weighted by atomic mass is 16.3. The molecule has 1 aromatic rings. The van der Waals surface area contributed by atoms with Gasteiger partial charge >= 0.3 is 0 Å². The van der Waals surface area contributed by atoms with Gasteiger partial charge in [-0.05, 0) is 37.5 Å². The summed E-state index contributed by atoms with van der Waals surface area (Å²) >= 11 is 0. The lowest BCUT2D eigenvalue weighted by Gasteiger charge is -2.10. The molecular weight excluding hydrogens is 214 g/mol. The molecule has 17 heavy (non-hydrogen) atoms. The van der Waals surface area contributed by atoms with Crippen molar-refractivity contribution in [2.24, 2.45) is 5.92 Å². The van der Waals surface area contributed by atoms with E-state index < -0.39 is 0 Å². The summed E-state index contributed by atoms with van der Waals surface area (Å²) in [6.07, 6.45) is 4.52. The van der Waals surface area contributed by atoms with E-state index in [4.69, 9.17) is 4.42 Å². The Morgan fingerprint density at radius 1 is 1.59 bits per heavy atom. The van der Waals surface area contributed by atoms with Crippen LogP contribution in [0.2, 0.25) is 0 Å². The number of furan rings is 1. The highest BCUT2D eigenvalue weighted by Gasteiger charge is 2.36. The van der Waals surface area contributed by atoms with E-state index in [0.717, 1.165) is 17.4 Å². The summed E-state index contributed by atoms with van der Waals surface area (Å²) in [7, 11) is 1.78. The minimum atomic E-state index is 0.00485.